The van der Waals surface area contributed by atoms with Crippen LogP contribution in [0.5, 0.6) is 5.75 Å². The van der Waals surface area contributed by atoms with E-state index in [9.17, 15) is 4.79 Å². The van der Waals surface area contributed by atoms with Crippen LogP contribution in [0, 0.1) is 0 Å². The zero-order valence-corrected chi connectivity index (χ0v) is 10.5. The van der Waals surface area contributed by atoms with Gasteiger partial charge < -0.3 is 15.4 Å². The Morgan fingerprint density at radius 2 is 2.18 bits per heavy atom. The van der Waals surface area contributed by atoms with Gasteiger partial charge in [-0.3, -0.25) is 4.79 Å². The molecule has 1 aliphatic heterocycles. The Labute approximate surface area is 101 Å². The van der Waals surface area contributed by atoms with Crippen molar-refractivity contribution in [3.8, 4) is 5.75 Å². The van der Waals surface area contributed by atoms with Gasteiger partial charge in [0, 0.05) is 12.1 Å². The molecule has 0 saturated carbocycles. The predicted octanol–water partition coefficient (Wildman–Crippen LogP) is 2.02. The lowest BCUT2D eigenvalue weighted by Crippen LogP contribution is -2.41. The van der Waals surface area contributed by atoms with Crippen molar-refractivity contribution >= 4 is 11.6 Å². The molecule has 2 rings (SSSR count). The highest BCUT2D eigenvalue weighted by Crippen LogP contribution is 2.31. The molecule has 0 radical (unpaired) electrons. The summed E-state index contributed by atoms with van der Waals surface area (Å²) in [5.74, 6) is 0.554. The molecule has 1 aromatic rings. The van der Waals surface area contributed by atoms with Crippen LogP contribution in [0.15, 0.2) is 18.2 Å². The number of anilines is 1. The highest BCUT2D eigenvalue weighted by Gasteiger charge is 2.21. The first-order chi connectivity index (χ1) is 7.97. The van der Waals surface area contributed by atoms with Gasteiger partial charge >= 0.3 is 0 Å². The van der Waals surface area contributed by atoms with Crippen LogP contribution in [0.1, 0.15) is 31.1 Å². The van der Waals surface area contributed by atoms with E-state index in [1.807, 2.05) is 32.9 Å². The summed E-state index contributed by atoms with van der Waals surface area (Å²) >= 11 is 0. The molecule has 0 aliphatic carbocycles. The predicted molar refractivity (Wildman–Crippen MR) is 67.6 cm³/mol. The molecule has 0 spiro atoms. The molecule has 92 valence electrons. The third kappa shape index (κ3) is 2.70. The fraction of sp³-hybridized carbons (Fsp3) is 0.462. The maximum absolute atomic E-state index is 12.1. The Morgan fingerprint density at radius 1 is 1.41 bits per heavy atom. The second-order valence-corrected chi connectivity index (χ2v) is 5.16. The SMILES string of the molecule is CC(C)(C)NC(=O)c1cccc2c1OCCN2. The van der Waals surface area contributed by atoms with Gasteiger partial charge in [-0.05, 0) is 32.9 Å². The molecule has 1 aromatic carbocycles. The van der Waals surface area contributed by atoms with Crippen LogP contribution in [0.25, 0.3) is 0 Å². The van der Waals surface area contributed by atoms with E-state index in [0.29, 0.717) is 17.9 Å². The zero-order chi connectivity index (χ0) is 12.5. The Morgan fingerprint density at radius 3 is 2.88 bits per heavy atom. The molecule has 0 saturated heterocycles. The number of ether oxygens (including phenoxy) is 1. The van der Waals surface area contributed by atoms with Crippen LogP contribution < -0.4 is 15.4 Å². The Balaban J connectivity index is 2.29. The van der Waals surface area contributed by atoms with Gasteiger partial charge in [-0.1, -0.05) is 6.07 Å². The van der Waals surface area contributed by atoms with Gasteiger partial charge in [0.15, 0.2) is 5.75 Å². The molecule has 2 N–H and O–H groups in total. The van der Waals surface area contributed by atoms with E-state index in [2.05, 4.69) is 10.6 Å². The zero-order valence-electron chi connectivity index (χ0n) is 10.5. The quantitative estimate of drug-likeness (QED) is 0.781. The second-order valence-electron chi connectivity index (χ2n) is 5.16. The summed E-state index contributed by atoms with van der Waals surface area (Å²) in [6.45, 7) is 7.24. The van der Waals surface area contributed by atoms with Crippen molar-refractivity contribution in [2.24, 2.45) is 0 Å². The number of carbonyl (C=O) groups excluding carboxylic acids is 1. The second kappa shape index (κ2) is 4.28. The van der Waals surface area contributed by atoms with E-state index in [-0.39, 0.29) is 11.4 Å². The lowest BCUT2D eigenvalue weighted by Gasteiger charge is -2.24. The average Bonchev–Trinajstić information content (AvgIpc) is 2.26. The number of hydrogen-bond acceptors (Lipinski definition) is 3. The van der Waals surface area contributed by atoms with Gasteiger partial charge in [-0.15, -0.1) is 0 Å². The minimum absolute atomic E-state index is 0.0990. The summed E-state index contributed by atoms with van der Waals surface area (Å²) in [6.07, 6.45) is 0. The highest BCUT2D eigenvalue weighted by molar-refractivity contribution is 5.99. The first-order valence-corrected chi connectivity index (χ1v) is 5.79. The van der Waals surface area contributed by atoms with Crippen molar-refractivity contribution in [2.75, 3.05) is 18.5 Å². The minimum Gasteiger partial charge on any atom is -0.489 e. The van der Waals surface area contributed by atoms with E-state index in [1.165, 1.54) is 0 Å². The minimum atomic E-state index is -0.248. The molecule has 1 amide bonds. The topological polar surface area (TPSA) is 50.4 Å². The van der Waals surface area contributed by atoms with E-state index >= 15 is 0 Å². The first-order valence-electron chi connectivity index (χ1n) is 5.79. The third-order valence-corrected chi connectivity index (χ3v) is 2.41. The number of amides is 1. The average molecular weight is 234 g/mol. The largest absolute Gasteiger partial charge is 0.489 e. The van der Waals surface area contributed by atoms with Gasteiger partial charge in [0.05, 0.1) is 11.3 Å². The molecule has 0 unspecified atom stereocenters. The van der Waals surface area contributed by atoms with Crippen molar-refractivity contribution in [1.29, 1.82) is 0 Å². The Bertz CT molecular complexity index is 436. The lowest BCUT2D eigenvalue weighted by atomic mass is 10.1. The standard InChI is InChI=1S/C13H18N2O2/c1-13(2,3)15-12(16)9-5-4-6-10-11(9)17-8-7-14-10/h4-6,14H,7-8H2,1-3H3,(H,15,16). The van der Waals surface area contributed by atoms with Crippen molar-refractivity contribution in [3.63, 3.8) is 0 Å². The van der Waals surface area contributed by atoms with Gasteiger partial charge in [0.25, 0.3) is 5.91 Å². The van der Waals surface area contributed by atoms with Crippen molar-refractivity contribution in [1.82, 2.24) is 5.32 Å². The summed E-state index contributed by atoms with van der Waals surface area (Å²) in [4.78, 5) is 12.1. The number of nitrogens with one attached hydrogen (secondary N) is 2. The van der Waals surface area contributed by atoms with E-state index in [0.717, 1.165) is 12.2 Å². The number of para-hydroxylation sites is 1. The van der Waals surface area contributed by atoms with Crippen LogP contribution in [0.4, 0.5) is 5.69 Å². The lowest BCUT2D eigenvalue weighted by molar-refractivity contribution is 0.0915. The van der Waals surface area contributed by atoms with Crippen molar-refractivity contribution in [3.05, 3.63) is 23.8 Å². The number of carbonyl (C=O) groups is 1. The summed E-state index contributed by atoms with van der Waals surface area (Å²) < 4.78 is 5.57. The molecule has 4 nitrogen and oxygen atoms in total. The van der Waals surface area contributed by atoms with Crippen LogP contribution in [-0.2, 0) is 0 Å². The van der Waals surface area contributed by atoms with Gasteiger partial charge in [-0.25, -0.2) is 0 Å². The van der Waals surface area contributed by atoms with Crippen molar-refractivity contribution in [2.45, 2.75) is 26.3 Å². The first kappa shape index (κ1) is 11.8. The summed E-state index contributed by atoms with van der Waals surface area (Å²) in [5.41, 5.74) is 1.23. The van der Waals surface area contributed by atoms with Crippen molar-refractivity contribution < 1.29 is 9.53 Å². The molecule has 0 aromatic heterocycles. The number of rotatable bonds is 1. The maximum Gasteiger partial charge on any atom is 0.255 e. The Hall–Kier alpha value is -1.71. The molecule has 1 heterocycles. The number of fused-ring (bicyclic) bond motifs is 1. The molecule has 0 atom stereocenters. The van der Waals surface area contributed by atoms with Gasteiger partial charge in [0.2, 0.25) is 0 Å². The van der Waals surface area contributed by atoms with E-state index in [4.69, 9.17) is 4.74 Å². The Kier molecular flexibility index (Phi) is 2.96. The summed E-state index contributed by atoms with van der Waals surface area (Å²) in [5, 5.41) is 6.15. The van der Waals surface area contributed by atoms with Gasteiger partial charge in [0.1, 0.15) is 6.61 Å². The normalized spacial score (nSPS) is 14.3. The van der Waals surface area contributed by atoms with Crippen LogP contribution in [0.2, 0.25) is 0 Å². The highest BCUT2D eigenvalue weighted by atomic mass is 16.5. The summed E-state index contributed by atoms with van der Waals surface area (Å²) in [6, 6.07) is 5.56. The van der Waals surface area contributed by atoms with Crippen LogP contribution in [-0.4, -0.2) is 24.6 Å². The fourth-order valence-corrected chi connectivity index (χ4v) is 1.76. The molecule has 0 fully saturated rings. The van der Waals surface area contributed by atoms with E-state index < -0.39 is 0 Å². The maximum atomic E-state index is 12.1. The number of hydrogen-bond donors (Lipinski definition) is 2. The van der Waals surface area contributed by atoms with Gasteiger partial charge in [-0.2, -0.15) is 0 Å². The number of benzene rings is 1. The van der Waals surface area contributed by atoms with Crippen LogP contribution >= 0.6 is 0 Å². The molecule has 0 bridgehead atoms. The molecule has 4 heteroatoms. The fourth-order valence-electron chi connectivity index (χ4n) is 1.76. The molecule has 1 aliphatic rings. The smallest absolute Gasteiger partial charge is 0.255 e. The van der Waals surface area contributed by atoms with E-state index in [1.54, 1.807) is 6.07 Å². The molecule has 17 heavy (non-hydrogen) atoms. The van der Waals surface area contributed by atoms with Crippen LogP contribution in [0.3, 0.4) is 0 Å². The third-order valence-electron chi connectivity index (χ3n) is 2.41. The monoisotopic (exact) mass is 234 g/mol. The molecular weight excluding hydrogens is 216 g/mol. The molecular formula is C13H18N2O2. The summed E-state index contributed by atoms with van der Waals surface area (Å²) in [7, 11) is 0.